The second-order valence-corrected chi connectivity index (χ2v) is 7.04. The molecule has 0 aliphatic heterocycles. The van der Waals surface area contributed by atoms with Crippen LogP contribution in [-0.2, 0) is 9.84 Å². The number of benzene rings is 2. The molecule has 21 heavy (non-hydrogen) atoms. The molecule has 2 aromatic carbocycles. The van der Waals surface area contributed by atoms with Crippen molar-refractivity contribution in [2.24, 2.45) is 0 Å². The summed E-state index contributed by atoms with van der Waals surface area (Å²) in [6.45, 7) is 6.52. The van der Waals surface area contributed by atoms with Gasteiger partial charge in [-0.05, 0) is 51.0 Å². The van der Waals surface area contributed by atoms with Crippen molar-refractivity contribution in [3.8, 4) is 11.5 Å². The summed E-state index contributed by atoms with van der Waals surface area (Å²) in [5.41, 5.74) is 1.76. The first kappa shape index (κ1) is 15.4. The van der Waals surface area contributed by atoms with Crippen LogP contribution in [0.1, 0.15) is 22.3 Å². The number of aryl methyl sites for hydroxylation is 2. The summed E-state index contributed by atoms with van der Waals surface area (Å²) in [6, 6.07) is 6.10. The first-order valence-electron chi connectivity index (χ1n) is 6.51. The zero-order valence-electron chi connectivity index (χ0n) is 12.4. The summed E-state index contributed by atoms with van der Waals surface area (Å²) < 4.78 is 26.0. The zero-order valence-corrected chi connectivity index (χ0v) is 13.2. The lowest BCUT2D eigenvalue weighted by molar-refractivity contribution is 0.467. The Bertz CT molecular complexity index is 757. The summed E-state index contributed by atoms with van der Waals surface area (Å²) in [7, 11) is -3.83. The number of phenolic OH excluding ortho intramolecular Hbond substituents is 2. The molecule has 0 aromatic heterocycles. The standard InChI is InChI=1S/C16H18O4S/c1-9-5-7-13(17)11(3)15(9)21(19,20)16-10(2)6-8-14(18)12(16)4/h5-8,17-18H,1-4H3. The van der Waals surface area contributed by atoms with Crippen LogP contribution in [0.5, 0.6) is 11.5 Å². The molecule has 0 saturated heterocycles. The molecule has 4 nitrogen and oxygen atoms in total. The van der Waals surface area contributed by atoms with E-state index < -0.39 is 9.84 Å². The van der Waals surface area contributed by atoms with E-state index in [1.165, 1.54) is 12.1 Å². The van der Waals surface area contributed by atoms with Crippen LogP contribution in [0, 0.1) is 27.7 Å². The summed E-state index contributed by atoms with van der Waals surface area (Å²) in [6.07, 6.45) is 0. The Kier molecular flexibility index (Phi) is 3.72. The van der Waals surface area contributed by atoms with Gasteiger partial charge in [0.15, 0.2) is 0 Å². The van der Waals surface area contributed by atoms with Gasteiger partial charge in [0.05, 0.1) is 9.79 Å². The molecule has 5 heteroatoms. The van der Waals surface area contributed by atoms with Crippen molar-refractivity contribution in [2.75, 3.05) is 0 Å². The quantitative estimate of drug-likeness (QED) is 0.893. The average molecular weight is 306 g/mol. The van der Waals surface area contributed by atoms with Crippen LogP contribution in [0.2, 0.25) is 0 Å². The molecule has 2 N–H and O–H groups in total. The van der Waals surface area contributed by atoms with E-state index in [0.29, 0.717) is 22.3 Å². The zero-order chi connectivity index (χ0) is 15.9. The molecule has 112 valence electrons. The lowest BCUT2D eigenvalue weighted by Gasteiger charge is -2.16. The van der Waals surface area contributed by atoms with Crippen molar-refractivity contribution in [3.05, 3.63) is 46.5 Å². The second kappa shape index (κ2) is 5.07. The van der Waals surface area contributed by atoms with E-state index in [2.05, 4.69) is 0 Å². The molecule has 0 unspecified atom stereocenters. The fourth-order valence-corrected chi connectivity index (χ4v) is 4.77. The van der Waals surface area contributed by atoms with Gasteiger partial charge in [0.2, 0.25) is 9.84 Å². The molecule has 0 fully saturated rings. The summed E-state index contributed by atoms with van der Waals surface area (Å²) in [4.78, 5) is 0.193. The molecule has 2 aromatic rings. The minimum Gasteiger partial charge on any atom is -0.508 e. The van der Waals surface area contributed by atoms with Crippen LogP contribution in [0.4, 0.5) is 0 Å². The van der Waals surface area contributed by atoms with Gasteiger partial charge in [0, 0.05) is 11.1 Å². The van der Waals surface area contributed by atoms with Crippen molar-refractivity contribution in [2.45, 2.75) is 37.5 Å². The van der Waals surface area contributed by atoms with Gasteiger partial charge in [-0.1, -0.05) is 12.1 Å². The Morgan fingerprint density at radius 1 is 0.714 bits per heavy atom. The Morgan fingerprint density at radius 3 is 1.38 bits per heavy atom. The maximum absolute atomic E-state index is 13.0. The van der Waals surface area contributed by atoms with Crippen molar-refractivity contribution < 1.29 is 18.6 Å². The van der Waals surface area contributed by atoms with Gasteiger partial charge in [-0.2, -0.15) is 0 Å². The highest BCUT2D eigenvalue weighted by molar-refractivity contribution is 7.91. The smallest absolute Gasteiger partial charge is 0.207 e. The van der Waals surface area contributed by atoms with E-state index in [1.807, 2.05) is 0 Å². The van der Waals surface area contributed by atoms with Gasteiger partial charge in [-0.25, -0.2) is 8.42 Å². The van der Waals surface area contributed by atoms with Crippen molar-refractivity contribution in [3.63, 3.8) is 0 Å². The molecule has 0 aliphatic carbocycles. The van der Waals surface area contributed by atoms with E-state index in [1.54, 1.807) is 39.8 Å². The van der Waals surface area contributed by atoms with Crippen LogP contribution in [0.3, 0.4) is 0 Å². The van der Waals surface area contributed by atoms with Crippen LogP contribution in [0.15, 0.2) is 34.1 Å². The SMILES string of the molecule is Cc1ccc(O)c(C)c1S(=O)(=O)c1c(C)ccc(O)c1C. The van der Waals surface area contributed by atoms with Crippen LogP contribution in [0.25, 0.3) is 0 Å². The van der Waals surface area contributed by atoms with Gasteiger partial charge >= 0.3 is 0 Å². The molecule has 0 spiro atoms. The fourth-order valence-electron chi connectivity index (χ4n) is 2.56. The number of hydrogen-bond acceptors (Lipinski definition) is 4. The molecular weight excluding hydrogens is 288 g/mol. The maximum Gasteiger partial charge on any atom is 0.207 e. The highest BCUT2D eigenvalue weighted by atomic mass is 32.2. The normalized spacial score (nSPS) is 11.6. The molecule has 0 saturated carbocycles. The van der Waals surface area contributed by atoms with Crippen LogP contribution < -0.4 is 0 Å². The predicted octanol–water partition coefficient (Wildman–Crippen LogP) is 3.16. The Morgan fingerprint density at radius 2 is 1.05 bits per heavy atom. The molecule has 0 aliphatic rings. The van der Waals surface area contributed by atoms with E-state index in [4.69, 9.17) is 0 Å². The Hall–Kier alpha value is -2.01. The lowest BCUT2D eigenvalue weighted by Crippen LogP contribution is -2.10. The van der Waals surface area contributed by atoms with Crippen molar-refractivity contribution in [1.29, 1.82) is 0 Å². The largest absolute Gasteiger partial charge is 0.508 e. The first-order chi connectivity index (χ1) is 9.67. The molecule has 0 radical (unpaired) electrons. The minimum absolute atomic E-state index is 0.0605. The summed E-state index contributed by atoms with van der Waals surface area (Å²) in [5, 5.41) is 19.6. The van der Waals surface area contributed by atoms with Gasteiger partial charge < -0.3 is 10.2 Å². The van der Waals surface area contributed by atoms with Gasteiger partial charge in [0.25, 0.3) is 0 Å². The van der Waals surface area contributed by atoms with Crippen LogP contribution in [-0.4, -0.2) is 18.6 Å². The molecule has 0 amide bonds. The summed E-state index contributed by atoms with van der Waals surface area (Å²) >= 11 is 0. The first-order valence-corrected chi connectivity index (χ1v) is 7.99. The summed E-state index contributed by atoms with van der Waals surface area (Å²) in [5.74, 6) is -0.121. The minimum atomic E-state index is -3.83. The fraction of sp³-hybridized carbons (Fsp3) is 0.250. The number of sulfone groups is 1. The third-order valence-electron chi connectivity index (χ3n) is 3.69. The third-order valence-corrected chi connectivity index (χ3v) is 6.02. The van der Waals surface area contributed by atoms with E-state index in [0.717, 1.165) is 0 Å². The molecule has 2 rings (SSSR count). The molecular formula is C16H18O4S. The third kappa shape index (κ3) is 2.38. The monoisotopic (exact) mass is 306 g/mol. The lowest BCUT2D eigenvalue weighted by atomic mass is 10.1. The van der Waals surface area contributed by atoms with Gasteiger partial charge in [-0.15, -0.1) is 0 Å². The molecule has 0 heterocycles. The van der Waals surface area contributed by atoms with Crippen LogP contribution >= 0.6 is 0 Å². The average Bonchev–Trinajstić information content (AvgIpc) is 2.39. The topological polar surface area (TPSA) is 74.6 Å². The molecule has 0 bridgehead atoms. The van der Waals surface area contributed by atoms with E-state index >= 15 is 0 Å². The van der Waals surface area contributed by atoms with E-state index in [-0.39, 0.29) is 21.3 Å². The molecule has 0 atom stereocenters. The number of aromatic hydroxyl groups is 2. The highest BCUT2D eigenvalue weighted by Crippen LogP contribution is 2.36. The van der Waals surface area contributed by atoms with Gasteiger partial charge in [-0.3, -0.25) is 0 Å². The number of hydrogen-bond donors (Lipinski definition) is 2. The van der Waals surface area contributed by atoms with Gasteiger partial charge in [0.1, 0.15) is 11.5 Å². The Balaban J connectivity index is 2.88. The Labute approximate surface area is 124 Å². The number of rotatable bonds is 2. The predicted molar refractivity (Wildman–Crippen MR) is 80.6 cm³/mol. The van der Waals surface area contributed by atoms with E-state index in [9.17, 15) is 18.6 Å². The van der Waals surface area contributed by atoms with Crippen molar-refractivity contribution >= 4 is 9.84 Å². The number of phenols is 2. The van der Waals surface area contributed by atoms with Crippen molar-refractivity contribution in [1.82, 2.24) is 0 Å². The second-order valence-electron chi connectivity index (χ2n) is 5.21. The maximum atomic E-state index is 13.0. The highest BCUT2D eigenvalue weighted by Gasteiger charge is 2.28.